The molecule has 1 N–H and O–H groups in total. The maximum absolute atomic E-state index is 3.86. The van der Waals surface area contributed by atoms with Gasteiger partial charge >= 0.3 is 0 Å². The Balaban J connectivity index is 1.55. The number of rotatable bonds is 5. The molecule has 0 aromatic carbocycles. The van der Waals surface area contributed by atoms with Gasteiger partial charge in [0.2, 0.25) is 0 Å². The molecule has 17 heavy (non-hydrogen) atoms. The zero-order chi connectivity index (χ0) is 11.8. The highest BCUT2D eigenvalue weighted by Crippen LogP contribution is 2.33. The van der Waals surface area contributed by atoms with Crippen LogP contribution in [0.4, 0.5) is 0 Å². The molecule has 2 aliphatic carbocycles. The highest BCUT2D eigenvalue weighted by atomic mass is 15.2. The standard InChI is InChI=1S/C15H28N2/c1-11(2)13-7-15(16-14-5-6-14)10-17(9-13)8-12-3-4-12/h11-16H,3-10H2,1-2H3. The summed E-state index contributed by atoms with van der Waals surface area (Å²) in [6.07, 6.45) is 7.24. The van der Waals surface area contributed by atoms with Gasteiger partial charge in [-0.15, -0.1) is 0 Å². The second-order valence-electron chi connectivity index (χ2n) is 7.04. The molecule has 3 fully saturated rings. The average molecular weight is 236 g/mol. The van der Waals surface area contributed by atoms with Crippen LogP contribution in [0.15, 0.2) is 0 Å². The first-order valence-electron chi connectivity index (χ1n) is 7.69. The predicted molar refractivity (Wildman–Crippen MR) is 72.1 cm³/mol. The number of hydrogen-bond acceptors (Lipinski definition) is 2. The van der Waals surface area contributed by atoms with Crippen LogP contribution >= 0.6 is 0 Å². The summed E-state index contributed by atoms with van der Waals surface area (Å²) in [7, 11) is 0. The van der Waals surface area contributed by atoms with E-state index < -0.39 is 0 Å². The molecule has 0 radical (unpaired) electrons. The van der Waals surface area contributed by atoms with Crippen LogP contribution < -0.4 is 5.32 Å². The minimum Gasteiger partial charge on any atom is -0.310 e. The lowest BCUT2D eigenvalue weighted by Gasteiger charge is -2.40. The van der Waals surface area contributed by atoms with Crippen LogP contribution in [0.2, 0.25) is 0 Å². The quantitative estimate of drug-likeness (QED) is 0.789. The second kappa shape index (κ2) is 4.89. The Kier molecular flexibility index (Phi) is 3.45. The molecule has 1 saturated heterocycles. The van der Waals surface area contributed by atoms with Crippen molar-refractivity contribution >= 4 is 0 Å². The molecule has 1 aliphatic heterocycles. The third-order valence-electron chi connectivity index (χ3n) is 4.76. The maximum Gasteiger partial charge on any atom is 0.0200 e. The zero-order valence-corrected chi connectivity index (χ0v) is 11.5. The Morgan fingerprint density at radius 2 is 1.82 bits per heavy atom. The first-order chi connectivity index (χ1) is 8.20. The van der Waals surface area contributed by atoms with E-state index in [9.17, 15) is 0 Å². The van der Waals surface area contributed by atoms with Gasteiger partial charge in [-0.2, -0.15) is 0 Å². The SMILES string of the molecule is CC(C)C1CC(NC2CC2)CN(CC2CC2)C1. The molecule has 2 unspecified atom stereocenters. The van der Waals surface area contributed by atoms with Crippen molar-refractivity contribution in [3.63, 3.8) is 0 Å². The van der Waals surface area contributed by atoms with E-state index in [1.165, 1.54) is 51.7 Å². The fourth-order valence-electron chi connectivity index (χ4n) is 3.23. The predicted octanol–water partition coefficient (Wildman–Crippen LogP) is 2.49. The summed E-state index contributed by atoms with van der Waals surface area (Å²) in [5.74, 6) is 2.81. The van der Waals surface area contributed by atoms with Crippen molar-refractivity contribution in [2.24, 2.45) is 17.8 Å². The summed E-state index contributed by atoms with van der Waals surface area (Å²) in [6.45, 7) is 8.86. The van der Waals surface area contributed by atoms with Gasteiger partial charge in [0, 0.05) is 31.7 Å². The molecule has 0 aromatic heterocycles. The third kappa shape index (κ3) is 3.45. The molecule has 0 amide bonds. The van der Waals surface area contributed by atoms with Crippen LogP contribution in [0.25, 0.3) is 0 Å². The van der Waals surface area contributed by atoms with Crippen LogP contribution in [0.3, 0.4) is 0 Å². The van der Waals surface area contributed by atoms with Gasteiger partial charge in [-0.3, -0.25) is 0 Å². The van der Waals surface area contributed by atoms with E-state index in [-0.39, 0.29) is 0 Å². The van der Waals surface area contributed by atoms with E-state index >= 15 is 0 Å². The van der Waals surface area contributed by atoms with Crippen LogP contribution in [0.5, 0.6) is 0 Å². The molecule has 0 spiro atoms. The Bertz CT molecular complexity index is 234. The average Bonchev–Trinajstić information content (AvgIpc) is 3.13. The summed E-state index contributed by atoms with van der Waals surface area (Å²) >= 11 is 0. The molecule has 3 aliphatic rings. The van der Waals surface area contributed by atoms with Crippen LogP contribution in [-0.4, -0.2) is 36.6 Å². The van der Waals surface area contributed by atoms with Gasteiger partial charge in [-0.1, -0.05) is 13.8 Å². The Hall–Kier alpha value is -0.0800. The van der Waals surface area contributed by atoms with Crippen molar-refractivity contribution in [3.8, 4) is 0 Å². The highest BCUT2D eigenvalue weighted by molar-refractivity contribution is 4.92. The molecular formula is C15H28N2. The lowest BCUT2D eigenvalue weighted by atomic mass is 9.85. The van der Waals surface area contributed by atoms with Gasteiger partial charge in [0.1, 0.15) is 0 Å². The monoisotopic (exact) mass is 236 g/mol. The molecule has 3 rings (SSSR count). The minimum absolute atomic E-state index is 0.780. The molecule has 0 aromatic rings. The smallest absolute Gasteiger partial charge is 0.0200 e. The second-order valence-corrected chi connectivity index (χ2v) is 7.04. The molecule has 2 atom stereocenters. The number of nitrogens with zero attached hydrogens (tertiary/aromatic N) is 1. The van der Waals surface area contributed by atoms with E-state index in [4.69, 9.17) is 0 Å². The van der Waals surface area contributed by atoms with E-state index in [1.54, 1.807) is 0 Å². The van der Waals surface area contributed by atoms with Crippen molar-refractivity contribution in [2.75, 3.05) is 19.6 Å². The van der Waals surface area contributed by atoms with Crippen molar-refractivity contribution in [2.45, 2.75) is 58.0 Å². The lowest BCUT2D eigenvalue weighted by Crippen LogP contribution is -2.51. The summed E-state index contributed by atoms with van der Waals surface area (Å²) in [6, 6.07) is 1.65. The molecule has 2 nitrogen and oxygen atoms in total. The summed E-state index contributed by atoms with van der Waals surface area (Å²) in [5.41, 5.74) is 0. The molecule has 2 saturated carbocycles. The minimum atomic E-state index is 0.780. The van der Waals surface area contributed by atoms with Crippen LogP contribution in [0, 0.1) is 17.8 Å². The third-order valence-corrected chi connectivity index (χ3v) is 4.76. The van der Waals surface area contributed by atoms with Gasteiger partial charge in [-0.05, 0) is 49.9 Å². The number of nitrogens with one attached hydrogen (secondary N) is 1. The van der Waals surface area contributed by atoms with Crippen LogP contribution in [-0.2, 0) is 0 Å². The van der Waals surface area contributed by atoms with Gasteiger partial charge in [-0.25, -0.2) is 0 Å². The molecule has 0 bridgehead atoms. The van der Waals surface area contributed by atoms with E-state index in [1.807, 2.05) is 0 Å². The fraction of sp³-hybridized carbons (Fsp3) is 1.00. The number of hydrogen-bond donors (Lipinski definition) is 1. The topological polar surface area (TPSA) is 15.3 Å². The molecule has 98 valence electrons. The largest absolute Gasteiger partial charge is 0.310 e. The lowest BCUT2D eigenvalue weighted by molar-refractivity contribution is 0.111. The maximum atomic E-state index is 3.86. The zero-order valence-electron chi connectivity index (χ0n) is 11.5. The fourth-order valence-corrected chi connectivity index (χ4v) is 3.23. The van der Waals surface area contributed by atoms with Gasteiger partial charge in [0.25, 0.3) is 0 Å². The van der Waals surface area contributed by atoms with E-state index in [0.717, 1.165) is 29.8 Å². The number of piperidine rings is 1. The first-order valence-corrected chi connectivity index (χ1v) is 7.69. The van der Waals surface area contributed by atoms with Crippen LogP contribution in [0.1, 0.15) is 46.0 Å². The van der Waals surface area contributed by atoms with Crippen molar-refractivity contribution in [3.05, 3.63) is 0 Å². The van der Waals surface area contributed by atoms with Crippen molar-refractivity contribution < 1.29 is 0 Å². The van der Waals surface area contributed by atoms with E-state index in [2.05, 4.69) is 24.1 Å². The van der Waals surface area contributed by atoms with Gasteiger partial charge in [0.05, 0.1) is 0 Å². The Labute approximate surface area is 106 Å². The molecule has 2 heteroatoms. The van der Waals surface area contributed by atoms with Gasteiger partial charge in [0.15, 0.2) is 0 Å². The summed E-state index contributed by atoms with van der Waals surface area (Å²) in [4.78, 5) is 2.76. The first kappa shape index (κ1) is 12.0. The molecule has 1 heterocycles. The molecular weight excluding hydrogens is 208 g/mol. The Morgan fingerprint density at radius 1 is 1.06 bits per heavy atom. The van der Waals surface area contributed by atoms with Crippen molar-refractivity contribution in [1.29, 1.82) is 0 Å². The Morgan fingerprint density at radius 3 is 2.41 bits per heavy atom. The number of likely N-dealkylation sites (tertiary alicyclic amines) is 1. The van der Waals surface area contributed by atoms with E-state index in [0.29, 0.717) is 0 Å². The summed E-state index contributed by atoms with van der Waals surface area (Å²) in [5, 5.41) is 3.86. The van der Waals surface area contributed by atoms with Crippen molar-refractivity contribution in [1.82, 2.24) is 10.2 Å². The highest BCUT2D eigenvalue weighted by Gasteiger charge is 2.34. The van der Waals surface area contributed by atoms with Gasteiger partial charge < -0.3 is 10.2 Å². The normalized spacial score (nSPS) is 35.5. The summed E-state index contributed by atoms with van der Waals surface area (Å²) < 4.78 is 0.